The van der Waals surface area contributed by atoms with Gasteiger partial charge < -0.3 is 14.9 Å². The van der Waals surface area contributed by atoms with Crippen LogP contribution >= 0.6 is 0 Å². The van der Waals surface area contributed by atoms with Gasteiger partial charge in [0.25, 0.3) is 0 Å². The first-order valence-corrected chi connectivity index (χ1v) is 12.0. The van der Waals surface area contributed by atoms with Gasteiger partial charge in [0.15, 0.2) is 20.6 Å². The second kappa shape index (κ2) is 8.27. The molecule has 1 aliphatic heterocycles. The van der Waals surface area contributed by atoms with Crippen LogP contribution in [0.4, 0.5) is 15.8 Å². The van der Waals surface area contributed by atoms with Crippen molar-refractivity contribution >= 4 is 21.2 Å². The van der Waals surface area contributed by atoms with Crippen molar-refractivity contribution in [3.05, 3.63) is 91.1 Å². The van der Waals surface area contributed by atoms with Crippen molar-refractivity contribution in [3.8, 4) is 17.2 Å². The van der Waals surface area contributed by atoms with Crippen molar-refractivity contribution in [2.45, 2.75) is 10.9 Å². The molecular weight excluding hydrogens is 461 g/mol. The third-order valence-electron chi connectivity index (χ3n) is 4.93. The number of hydrogen-bond acceptors (Lipinski definition) is 9. The average molecular weight is 479 g/mol. The van der Waals surface area contributed by atoms with Crippen LogP contribution in [0.5, 0.6) is 17.2 Å². The van der Waals surface area contributed by atoms with Crippen LogP contribution in [-0.2, 0) is 15.8 Å². The van der Waals surface area contributed by atoms with E-state index in [1.807, 2.05) is 0 Å². The number of rotatable bonds is 6. The molecule has 1 aliphatic rings. The number of nitrogens with one attached hydrogen (secondary N) is 1. The van der Waals surface area contributed by atoms with Crippen LogP contribution in [0, 0.1) is 0 Å². The summed E-state index contributed by atoms with van der Waals surface area (Å²) in [6.07, 6.45) is 6.92. The summed E-state index contributed by atoms with van der Waals surface area (Å²) in [5.41, 5.74) is 0.906. The summed E-state index contributed by atoms with van der Waals surface area (Å²) < 4.78 is 45.5. The third-order valence-corrected chi connectivity index (χ3v) is 5.93. The number of alkyl halides is 1. The highest BCUT2D eigenvalue weighted by Crippen LogP contribution is 2.47. The minimum atomic E-state index is -3.43. The zero-order chi connectivity index (χ0) is 23.8. The van der Waals surface area contributed by atoms with Gasteiger partial charge >= 0.3 is 5.92 Å². The number of fused-ring (bicyclic) bond motifs is 1. The molecule has 3 aromatic heterocycles. The smallest absolute Gasteiger partial charge is 0.332 e. The van der Waals surface area contributed by atoms with Crippen molar-refractivity contribution in [3.63, 3.8) is 0 Å². The van der Waals surface area contributed by atoms with Crippen LogP contribution in [0.3, 0.4) is 0 Å². The van der Waals surface area contributed by atoms with Crippen LogP contribution in [-0.4, -0.2) is 29.6 Å². The van der Waals surface area contributed by atoms with Crippen molar-refractivity contribution in [2.75, 3.05) is 16.6 Å². The molecule has 0 radical (unpaired) electrons. The molecule has 0 saturated carbocycles. The molecule has 0 aliphatic carbocycles. The summed E-state index contributed by atoms with van der Waals surface area (Å²) in [7, 11) is -3.43. The Kier molecular flexibility index (Phi) is 5.25. The van der Waals surface area contributed by atoms with Crippen LogP contribution in [0.25, 0.3) is 0 Å². The maximum Gasteiger partial charge on any atom is 0.332 e. The highest BCUT2D eigenvalue weighted by atomic mass is 32.2. The molecule has 0 saturated heterocycles. The topological polar surface area (TPSA) is 107 Å². The van der Waals surface area contributed by atoms with E-state index in [-0.39, 0.29) is 10.7 Å². The molecule has 1 aromatic carbocycles. The predicted molar refractivity (Wildman–Crippen MR) is 122 cm³/mol. The Morgan fingerprint density at radius 1 is 0.941 bits per heavy atom. The number of pyridine rings is 3. The van der Waals surface area contributed by atoms with Gasteiger partial charge in [0, 0.05) is 24.7 Å². The fourth-order valence-corrected chi connectivity index (χ4v) is 3.93. The van der Waals surface area contributed by atoms with E-state index in [0.717, 1.165) is 11.3 Å². The van der Waals surface area contributed by atoms with Crippen LogP contribution in [0.15, 0.2) is 90.5 Å². The van der Waals surface area contributed by atoms with E-state index < -0.39 is 15.8 Å². The molecule has 4 heterocycles. The predicted octanol–water partition coefficient (Wildman–Crippen LogP) is 4.07. The van der Waals surface area contributed by atoms with Gasteiger partial charge in [-0.25, -0.2) is 13.4 Å². The minimum absolute atomic E-state index is 0.0633. The molecule has 9 nitrogen and oxygen atoms in total. The second-order valence-corrected chi connectivity index (χ2v) is 9.38. The van der Waals surface area contributed by atoms with Gasteiger partial charge in [-0.15, -0.1) is 5.06 Å². The van der Waals surface area contributed by atoms with E-state index in [4.69, 9.17) is 9.57 Å². The van der Waals surface area contributed by atoms with Gasteiger partial charge in [0.1, 0.15) is 22.9 Å². The SMILES string of the molecule is CS(=O)(=O)c1ccc(Oc2ccc3c(c2)N(Oc2cccnc2)C(F)(c2ccccn2)N3)cn1. The fourth-order valence-electron chi connectivity index (χ4n) is 3.37. The monoisotopic (exact) mass is 479 g/mol. The first kappa shape index (κ1) is 21.6. The summed E-state index contributed by atoms with van der Waals surface area (Å²) in [6.45, 7) is 0. The van der Waals surface area contributed by atoms with Crippen molar-refractivity contribution in [1.82, 2.24) is 15.0 Å². The number of aromatic nitrogens is 3. The minimum Gasteiger partial charge on any atom is -0.456 e. The standard InChI is InChI=1S/C23H18FN5O4S/c1-34(30,31)22-10-8-17(15-27-22)32-16-7-9-19-20(13-16)29(33-18-5-4-11-25-14-18)23(24,28-19)21-6-2-3-12-26-21/h2-15,28H,1H3. The molecule has 11 heteroatoms. The van der Waals surface area contributed by atoms with Gasteiger partial charge in [-0.3, -0.25) is 9.97 Å². The van der Waals surface area contributed by atoms with Crippen LogP contribution in [0.1, 0.15) is 5.69 Å². The maximum atomic E-state index is 16.4. The van der Waals surface area contributed by atoms with Crippen molar-refractivity contribution < 1.29 is 22.4 Å². The number of hydrogen-bond donors (Lipinski definition) is 1. The lowest BCUT2D eigenvalue weighted by molar-refractivity contribution is 0.0824. The van der Waals surface area contributed by atoms with Gasteiger partial charge in [0.05, 0.1) is 18.1 Å². The summed E-state index contributed by atoms with van der Waals surface area (Å²) >= 11 is 0. The number of anilines is 2. The Morgan fingerprint density at radius 3 is 2.47 bits per heavy atom. The normalized spacial score (nSPS) is 17.1. The molecule has 0 bridgehead atoms. The van der Waals surface area contributed by atoms with E-state index in [1.54, 1.807) is 54.7 Å². The molecule has 4 aromatic rings. The molecule has 0 spiro atoms. The number of nitrogens with zero attached hydrogens (tertiary/aromatic N) is 4. The Morgan fingerprint density at radius 2 is 1.79 bits per heavy atom. The molecule has 172 valence electrons. The van der Waals surface area contributed by atoms with E-state index in [1.165, 1.54) is 30.7 Å². The highest BCUT2D eigenvalue weighted by Gasteiger charge is 2.49. The Bertz CT molecular complexity index is 1420. The molecule has 1 atom stereocenters. The molecule has 0 fully saturated rings. The average Bonchev–Trinajstić information content (AvgIpc) is 3.12. The van der Waals surface area contributed by atoms with E-state index in [0.29, 0.717) is 28.6 Å². The Balaban J connectivity index is 1.50. The molecular formula is C23H18FN5O4S. The first-order valence-electron chi connectivity index (χ1n) is 10.1. The lowest BCUT2D eigenvalue weighted by Gasteiger charge is -2.30. The fraction of sp³-hybridized carbons (Fsp3) is 0.0870. The van der Waals surface area contributed by atoms with Crippen LogP contribution in [0.2, 0.25) is 0 Å². The number of ether oxygens (including phenoxy) is 1. The lowest BCUT2D eigenvalue weighted by Crippen LogP contribution is -2.46. The summed E-state index contributed by atoms with van der Waals surface area (Å²) in [6, 6.07) is 16.0. The molecule has 0 amide bonds. The summed E-state index contributed by atoms with van der Waals surface area (Å²) in [5, 5.41) is 3.84. The van der Waals surface area contributed by atoms with Gasteiger partial charge in [-0.2, -0.15) is 4.39 Å². The molecule has 1 N–H and O–H groups in total. The van der Waals surface area contributed by atoms with E-state index >= 15 is 4.39 Å². The first-order chi connectivity index (χ1) is 16.3. The Labute approximate surface area is 194 Å². The number of hydroxylamine groups is 1. The summed E-state index contributed by atoms with van der Waals surface area (Å²) in [5.74, 6) is -1.31. The maximum absolute atomic E-state index is 16.4. The van der Waals surface area contributed by atoms with Gasteiger partial charge in [-0.05, 0) is 48.5 Å². The Hall–Kier alpha value is -4.25. The van der Waals surface area contributed by atoms with E-state index in [9.17, 15) is 8.42 Å². The quantitative estimate of drug-likeness (QED) is 0.410. The van der Waals surface area contributed by atoms with Gasteiger partial charge in [0.2, 0.25) is 0 Å². The lowest BCUT2D eigenvalue weighted by atomic mass is 10.2. The highest BCUT2D eigenvalue weighted by molar-refractivity contribution is 7.90. The van der Waals surface area contributed by atoms with Crippen LogP contribution < -0.4 is 20.0 Å². The van der Waals surface area contributed by atoms with Crippen molar-refractivity contribution in [1.29, 1.82) is 0 Å². The third kappa shape index (κ3) is 4.08. The summed E-state index contributed by atoms with van der Waals surface area (Å²) in [4.78, 5) is 18.0. The van der Waals surface area contributed by atoms with Crippen molar-refractivity contribution in [2.24, 2.45) is 0 Å². The molecule has 1 unspecified atom stereocenters. The van der Waals surface area contributed by atoms with E-state index in [2.05, 4.69) is 20.3 Å². The molecule has 5 rings (SSSR count). The zero-order valence-electron chi connectivity index (χ0n) is 17.8. The number of sulfone groups is 1. The zero-order valence-corrected chi connectivity index (χ0v) is 18.6. The van der Waals surface area contributed by atoms with Gasteiger partial charge in [-0.1, -0.05) is 6.07 Å². The largest absolute Gasteiger partial charge is 0.456 e. The molecule has 34 heavy (non-hydrogen) atoms. The second-order valence-electron chi connectivity index (χ2n) is 7.42. The number of benzene rings is 1. The number of halogens is 1.